The van der Waals surface area contributed by atoms with Gasteiger partial charge in [-0.05, 0) is 58.0 Å². The molecule has 218 valence electrons. The molecular formula is C44H30O2. The summed E-state index contributed by atoms with van der Waals surface area (Å²) in [5, 5.41) is 4.78. The van der Waals surface area contributed by atoms with Gasteiger partial charge >= 0.3 is 0 Å². The zero-order chi connectivity index (χ0) is 30.6. The average Bonchev–Trinajstić information content (AvgIpc) is 3.15. The summed E-state index contributed by atoms with van der Waals surface area (Å²) in [4.78, 5) is 0. The molecule has 0 radical (unpaired) electrons. The first-order valence-electron chi connectivity index (χ1n) is 15.8. The maximum Gasteiger partial charge on any atom is 0.178 e. The number of hydrogen-bond acceptors (Lipinski definition) is 2. The Morgan fingerprint density at radius 2 is 0.696 bits per heavy atom. The van der Waals surface area contributed by atoms with Crippen molar-refractivity contribution < 1.29 is 9.47 Å². The van der Waals surface area contributed by atoms with Crippen molar-refractivity contribution in [2.45, 2.75) is 11.2 Å². The van der Waals surface area contributed by atoms with Crippen LogP contribution in [-0.2, 0) is 11.2 Å². The van der Waals surface area contributed by atoms with Gasteiger partial charge < -0.3 is 9.47 Å². The summed E-state index contributed by atoms with van der Waals surface area (Å²) >= 11 is 0. The van der Waals surface area contributed by atoms with Crippen LogP contribution in [0.5, 0.6) is 11.5 Å². The van der Waals surface area contributed by atoms with E-state index in [0.717, 1.165) is 44.9 Å². The Kier molecular flexibility index (Phi) is 5.97. The molecule has 2 unspecified atom stereocenters. The van der Waals surface area contributed by atoms with Crippen LogP contribution in [0.25, 0.3) is 33.7 Å². The van der Waals surface area contributed by atoms with E-state index in [0.29, 0.717) is 0 Å². The predicted molar refractivity (Wildman–Crippen MR) is 188 cm³/mol. The summed E-state index contributed by atoms with van der Waals surface area (Å²) < 4.78 is 14.1. The van der Waals surface area contributed by atoms with E-state index < -0.39 is 11.2 Å². The average molecular weight is 591 g/mol. The number of benzene rings is 7. The third kappa shape index (κ3) is 4.04. The lowest BCUT2D eigenvalue weighted by Gasteiger charge is -2.38. The van der Waals surface area contributed by atoms with Gasteiger partial charge in [-0.3, -0.25) is 0 Å². The molecule has 0 saturated heterocycles. The molecule has 2 aliphatic heterocycles. The Hall–Kier alpha value is -5.86. The first-order valence-corrected chi connectivity index (χ1v) is 15.8. The molecule has 0 amide bonds. The van der Waals surface area contributed by atoms with E-state index in [9.17, 15) is 0 Å². The monoisotopic (exact) mass is 590 g/mol. The molecule has 0 bridgehead atoms. The second-order valence-corrected chi connectivity index (χ2v) is 12.0. The topological polar surface area (TPSA) is 18.5 Å². The molecule has 2 heterocycles. The summed E-state index contributed by atoms with van der Waals surface area (Å²) in [5.41, 5.74) is 4.88. The normalized spacial score (nSPS) is 19.7. The third-order valence-electron chi connectivity index (χ3n) is 9.52. The first-order chi connectivity index (χ1) is 22.7. The van der Waals surface area contributed by atoms with Crippen LogP contribution in [0.2, 0.25) is 0 Å². The number of rotatable bonds is 4. The molecule has 0 aliphatic carbocycles. The minimum Gasteiger partial charge on any atom is -0.473 e. The van der Waals surface area contributed by atoms with Gasteiger partial charge in [-0.15, -0.1) is 0 Å². The van der Waals surface area contributed by atoms with E-state index in [-0.39, 0.29) is 0 Å². The third-order valence-corrected chi connectivity index (χ3v) is 9.52. The second kappa shape index (κ2) is 10.4. The Balaban J connectivity index is 1.18. The molecule has 7 aromatic rings. The van der Waals surface area contributed by atoms with E-state index in [1.807, 2.05) is 12.1 Å². The summed E-state index contributed by atoms with van der Waals surface area (Å²) in [7, 11) is 0. The molecule has 0 spiro atoms. The standard InChI is InChI=1S/C44H30O2/c1-3-13-33(14-4-1)43(29-27-39-37-17-9-7-11-31(37)19-25-41(39)45-43)35-21-23-36(24-22-35)44(34-15-5-2-6-16-34)30-28-40-38-18-10-8-12-32(38)20-26-42(40)46-44/h1-30H. The summed E-state index contributed by atoms with van der Waals surface area (Å²) in [6.07, 6.45) is 8.86. The van der Waals surface area contributed by atoms with Crippen LogP contribution in [0, 0.1) is 0 Å². The van der Waals surface area contributed by atoms with Crippen LogP contribution in [0.4, 0.5) is 0 Å². The first kappa shape index (κ1) is 26.5. The van der Waals surface area contributed by atoms with Crippen LogP contribution in [0.15, 0.2) is 170 Å². The van der Waals surface area contributed by atoms with Gasteiger partial charge in [-0.1, -0.05) is 146 Å². The fraction of sp³-hybridized carbons (Fsp3) is 0.0455. The van der Waals surface area contributed by atoms with Gasteiger partial charge in [0.05, 0.1) is 0 Å². The Bertz CT molecular complexity index is 2140. The fourth-order valence-corrected chi connectivity index (χ4v) is 7.18. The molecule has 2 atom stereocenters. The highest BCUT2D eigenvalue weighted by Gasteiger charge is 2.40. The zero-order valence-electron chi connectivity index (χ0n) is 25.1. The van der Waals surface area contributed by atoms with Gasteiger partial charge in [0.1, 0.15) is 11.5 Å². The van der Waals surface area contributed by atoms with E-state index in [1.54, 1.807) is 0 Å². The van der Waals surface area contributed by atoms with Crippen molar-refractivity contribution in [3.05, 3.63) is 203 Å². The lowest BCUT2D eigenvalue weighted by atomic mass is 9.79. The number of ether oxygens (including phenoxy) is 2. The molecule has 0 N–H and O–H groups in total. The number of hydrogen-bond donors (Lipinski definition) is 0. The van der Waals surface area contributed by atoms with Crippen LogP contribution in [0.3, 0.4) is 0 Å². The number of fused-ring (bicyclic) bond motifs is 6. The maximum atomic E-state index is 7.05. The van der Waals surface area contributed by atoms with Crippen LogP contribution in [0.1, 0.15) is 33.4 Å². The molecule has 0 aromatic heterocycles. The molecule has 2 heteroatoms. The molecule has 0 saturated carbocycles. The highest BCUT2D eigenvalue weighted by molar-refractivity contribution is 5.95. The second-order valence-electron chi connectivity index (χ2n) is 12.0. The Morgan fingerprint density at radius 3 is 1.13 bits per heavy atom. The van der Waals surface area contributed by atoms with E-state index in [4.69, 9.17) is 9.47 Å². The van der Waals surface area contributed by atoms with E-state index in [2.05, 4.69) is 170 Å². The predicted octanol–water partition coefficient (Wildman–Crippen LogP) is 10.7. The summed E-state index contributed by atoms with van der Waals surface area (Å²) in [6.45, 7) is 0. The summed E-state index contributed by atoms with van der Waals surface area (Å²) in [5.74, 6) is 1.74. The minimum absolute atomic E-state index is 0.788. The van der Waals surface area contributed by atoms with Crippen molar-refractivity contribution in [3.63, 3.8) is 0 Å². The van der Waals surface area contributed by atoms with E-state index in [1.165, 1.54) is 21.5 Å². The Labute approximate surface area is 268 Å². The molecular weight excluding hydrogens is 560 g/mol. The quantitative estimate of drug-likeness (QED) is 0.203. The minimum atomic E-state index is -0.788. The molecule has 7 aromatic carbocycles. The lowest BCUT2D eigenvalue weighted by Crippen LogP contribution is -2.36. The van der Waals surface area contributed by atoms with Gasteiger partial charge in [-0.2, -0.15) is 0 Å². The van der Waals surface area contributed by atoms with Gasteiger partial charge in [0.2, 0.25) is 0 Å². The van der Waals surface area contributed by atoms with Crippen molar-refractivity contribution in [2.75, 3.05) is 0 Å². The molecule has 2 aliphatic rings. The SMILES string of the molecule is C1=CC(c2ccccc2)(c2ccc(C3(c4ccccc4)C=Cc4c(ccc5ccccc45)O3)cc2)Oc2ccc3ccccc3c21. The van der Waals surface area contributed by atoms with Crippen molar-refractivity contribution in [1.29, 1.82) is 0 Å². The van der Waals surface area contributed by atoms with Crippen molar-refractivity contribution >= 4 is 33.7 Å². The van der Waals surface area contributed by atoms with Crippen molar-refractivity contribution in [1.82, 2.24) is 0 Å². The highest BCUT2D eigenvalue weighted by Crippen LogP contribution is 2.47. The maximum absolute atomic E-state index is 7.05. The largest absolute Gasteiger partial charge is 0.473 e. The van der Waals surface area contributed by atoms with Crippen LogP contribution in [-0.4, -0.2) is 0 Å². The van der Waals surface area contributed by atoms with E-state index >= 15 is 0 Å². The summed E-state index contributed by atoms with van der Waals surface area (Å²) in [6, 6.07) is 55.1. The van der Waals surface area contributed by atoms with Gasteiger partial charge in [0, 0.05) is 33.4 Å². The van der Waals surface area contributed by atoms with Crippen molar-refractivity contribution in [2.24, 2.45) is 0 Å². The molecule has 9 rings (SSSR count). The smallest absolute Gasteiger partial charge is 0.178 e. The van der Waals surface area contributed by atoms with Crippen molar-refractivity contribution in [3.8, 4) is 11.5 Å². The molecule has 2 nitrogen and oxygen atoms in total. The zero-order valence-corrected chi connectivity index (χ0v) is 25.1. The Morgan fingerprint density at radius 1 is 0.326 bits per heavy atom. The van der Waals surface area contributed by atoms with Crippen LogP contribution < -0.4 is 9.47 Å². The van der Waals surface area contributed by atoms with Gasteiger partial charge in [-0.25, -0.2) is 0 Å². The molecule has 46 heavy (non-hydrogen) atoms. The van der Waals surface area contributed by atoms with Crippen LogP contribution >= 0.6 is 0 Å². The van der Waals surface area contributed by atoms with Gasteiger partial charge in [0.25, 0.3) is 0 Å². The highest BCUT2D eigenvalue weighted by atomic mass is 16.5. The lowest BCUT2D eigenvalue weighted by molar-refractivity contribution is 0.157. The van der Waals surface area contributed by atoms with Gasteiger partial charge in [0.15, 0.2) is 11.2 Å². The fourth-order valence-electron chi connectivity index (χ4n) is 7.18. The molecule has 0 fully saturated rings.